The number of rotatable bonds is 3. The molecular weight excluding hydrogens is 428 g/mol. The number of allylic oxidation sites excluding steroid dienone is 3. The van der Waals surface area contributed by atoms with Gasteiger partial charge in [0.1, 0.15) is 6.54 Å². The number of benzene rings is 2. The van der Waals surface area contributed by atoms with Crippen LogP contribution in [0.5, 0.6) is 0 Å². The Bertz CT molecular complexity index is 1100. The van der Waals surface area contributed by atoms with E-state index in [1.807, 2.05) is 18.2 Å². The first-order valence-corrected chi connectivity index (χ1v) is 13.5. The number of nitrogens with zero attached hydrogens (tertiary/aromatic N) is 2. The van der Waals surface area contributed by atoms with Crippen LogP contribution in [0.25, 0.3) is 6.08 Å². The Morgan fingerprint density at radius 2 is 1.66 bits per heavy atom. The summed E-state index contributed by atoms with van der Waals surface area (Å²) < 4.78 is 36.0. The molecule has 32 heavy (non-hydrogen) atoms. The molecule has 0 unspecified atom stereocenters. The average molecular weight is 460 g/mol. The van der Waals surface area contributed by atoms with Crippen molar-refractivity contribution in [2.75, 3.05) is 19.9 Å². The molecule has 2 nitrogen and oxygen atoms in total. The van der Waals surface area contributed by atoms with Crippen molar-refractivity contribution in [2.24, 2.45) is 4.99 Å². The molecule has 0 bridgehead atoms. The van der Waals surface area contributed by atoms with E-state index >= 15 is 0 Å². The van der Waals surface area contributed by atoms with Gasteiger partial charge in [-0.1, -0.05) is 54.6 Å². The van der Waals surface area contributed by atoms with E-state index in [-0.39, 0.29) is 5.41 Å². The molecule has 170 valence electrons. The summed E-state index contributed by atoms with van der Waals surface area (Å²) >= 11 is 0. The first-order valence-electron chi connectivity index (χ1n) is 10.7. The van der Waals surface area contributed by atoms with Crippen LogP contribution in [0.4, 0.5) is 24.0 Å². The first kappa shape index (κ1) is 24.1. The normalized spacial score (nSPS) is 19.6. The molecule has 0 aliphatic carbocycles. The fraction of sp³-hybridized carbons (Fsp3) is 0.308. The molecule has 0 fully saturated rings. The van der Waals surface area contributed by atoms with Gasteiger partial charge in [-0.05, 0) is 33.1 Å². The Hall–Kier alpha value is -2.52. The van der Waals surface area contributed by atoms with Crippen LogP contribution < -0.4 is 0 Å². The van der Waals surface area contributed by atoms with E-state index in [9.17, 15) is 12.6 Å². The molecule has 2 aromatic rings. The zero-order valence-electron chi connectivity index (χ0n) is 19.2. The maximum absolute atomic E-state index is 11.2. The van der Waals surface area contributed by atoms with Crippen molar-refractivity contribution < 1.29 is 17.2 Å². The van der Waals surface area contributed by atoms with E-state index in [1.165, 1.54) is 29.0 Å². The third-order valence-corrected chi connectivity index (χ3v) is 5.54. The molecule has 2 heterocycles. The number of aliphatic imine (C=N–C) groups is 1. The molecule has 0 aromatic heterocycles. The predicted octanol–water partition coefficient (Wildman–Crippen LogP) is 8.28. The second-order valence-corrected chi connectivity index (χ2v) is 12.5. The van der Waals surface area contributed by atoms with E-state index in [1.54, 1.807) is 0 Å². The van der Waals surface area contributed by atoms with Crippen molar-refractivity contribution in [3.63, 3.8) is 0 Å². The van der Waals surface area contributed by atoms with Crippen LogP contribution in [0.1, 0.15) is 37.8 Å². The summed E-state index contributed by atoms with van der Waals surface area (Å²) in [5.74, 6) is 0. The van der Waals surface area contributed by atoms with Crippen LogP contribution in [0, 0.1) is 0 Å². The van der Waals surface area contributed by atoms with Gasteiger partial charge in [-0.2, -0.15) is 4.58 Å². The molecule has 6 heteroatoms. The Morgan fingerprint density at radius 1 is 1.03 bits per heavy atom. The maximum atomic E-state index is 11.2. The van der Waals surface area contributed by atoms with E-state index in [0.717, 1.165) is 24.2 Å². The number of hydrogen-bond acceptors (Lipinski definition) is 1. The van der Waals surface area contributed by atoms with E-state index in [0.29, 0.717) is 13.3 Å². The molecule has 0 amide bonds. The summed E-state index contributed by atoms with van der Waals surface area (Å²) in [4.78, 5) is 4.10. The van der Waals surface area contributed by atoms with Crippen LogP contribution in [-0.2, 0) is 5.41 Å². The monoisotopic (exact) mass is 459 g/mol. The van der Waals surface area contributed by atoms with Gasteiger partial charge < -0.3 is 0 Å². The Balaban J connectivity index is 0.000000427. The third-order valence-electron chi connectivity index (χ3n) is 5.54. The first-order chi connectivity index (χ1) is 14.9. The van der Waals surface area contributed by atoms with Crippen LogP contribution in [0.15, 0.2) is 71.2 Å². The molecule has 2 aliphatic rings. The van der Waals surface area contributed by atoms with Gasteiger partial charge in [0.2, 0.25) is 5.69 Å². The van der Waals surface area contributed by atoms with Gasteiger partial charge in [0, 0.05) is 29.2 Å². The van der Waals surface area contributed by atoms with Crippen molar-refractivity contribution in [2.45, 2.75) is 32.1 Å². The van der Waals surface area contributed by atoms with Gasteiger partial charge in [0.15, 0.2) is 5.71 Å². The van der Waals surface area contributed by atoms with Gasteiger partial charge in [-0.3, -0.25) is 4.99 Å². The van der Waals surface area contributed by atoms with Gasteiger partial charge in [-0.25, -0.2) is 0 Å². The van der Waals surface area contributed by atoms with Crippen molar-refractivity contribution in [3.05, 3.63) is 77.4 Å². The van der Waals surface area contributed by atoms with E-state index in [4.69, 9.17) is 0 Å². The zero-order valence-corrected chi connectivity index (χ0v) is 20.0. The molecule has 2 aliphatic heterocycles. The summed E-state index contributed by atoms with van der Waals surface area (Å²) in [5.41, 5.74) is 7.80. The van der Waals surface area contributed by atoms with Crippen LogP contribution in [0.2, 0.25) is 0 Å². The van der Waals surface area contributed by atoms with Crippen LogP contribution in [0.3, 0.4) is 0 Å². The van der Waals surface area contributed by atoms with Crippen LogP contribution in [-0.4, -0.2) is 36.9 Å². The standard InChI is InChI=1S/C24H25N2.C2H6F3P/c1-24(2)20-14-5-7-16-22(20)26-17-9-13-19(23(24)26)12-8-11-18-10-4-6-15-21(18)25-3;1-6(2,3,4)5/h4-8,10-12,14-16H,3,9,13,17H2,1-2H3;1-2H3/q+1;. The second kappa shape index (κ2) is 8.78. The number of hydrogen-bond donors (Lipinski definition) is 0. The van der Waals surface area contributed by atoms with Gasteiger partial charge in [0.05, 0.1) is 11.1 Å². The summed E-state index contributed by atoms with van der Waals surface area (Å²) in [6.07, 6.45) is 8.91. The Morgan fingerprint density at radius 3 is 2.34 bits per heavy atom. The summed E-state index contributed by atoms with van der Waals surface area (Å²) in [5, 5.41) is 0. The summed E-state index contributed by atoms with van der Waals surface area (Å²) in [7, 11) is -5.55. The molecule has 0 N–H and O–H groups in total. The topological polar surface area (TPSA) is 15.4 Å². The van der Waals surface area contributed by atoms with Gasteiger partial charge in [-0.15, -0.1) is 0 Å². The SMILES string of the molecule is C=Nc1ccccc1/C=C/C=C1\CCC[N+]2=C1C(C)(C)c1ccccc12.CP(C)(F)(F)F. The number of para-hydroxylation sites is 2. The van der Waals surface area contributed by atoms with Crippen molar-refractivity contribution >= 4 is 37.4 Å². The average Bonchev–Trinajstić information content (AvgIpc) is 2.95. The quantitative estimate of drug-likeness (QED) is 0.249. The van der Waals surface area contributed by atoms with E-state index < -0.39 is 7.54 Å². The van der Waals surface area contributed by atoms with Gasteiger partial charge >= 0.3 is 33.5 Å². The van der Waals surface area contributed by atoms with Crippen molar-refractivity contribution in [1.29, 1.82) is 0 Å². The van der Waals surface area contributed by atoms with Crippen molar-refractivity contribution in [3.8, 4) is 0 Å². The molecular formula is C26H31F3N2P+. The fourth-order valence-electron chi connectivity index (χ4n) is 4.38. The second-order valence-electron chi connectivity index (χ2n) is 9.17. The minimum atomic E-state index is -5.55. The molecule has 2 aromatic carbocycles. The number of fused-ring (bicyclic) bond motifs is 2. The molecule has 0 radical (unpaired) electrons. The fourth-order valence-corrected chi connectivity index (χ4v) is 4.38. The third kappa shape index (κ3) is 5.83. The predicted molar refractivity (Wildman–Crippen MR) is 133 cm³/mol. The molecule has 0 spiro atoms. The molecule has 0 saturated heterocycles. The van der Waals surface area contributed by atoms with Crippen LogP contribution >= 0.6 is 7.54 Å². The van der Waals surface area contributed by atoms with Gasteiger partial charge in [0.25, 0.3) is 0 Å². The molecule has 0 atom stereocenters. The molecule has 0 saturated carbocycles. The van der Waals surface area contributed by atoms with Crippen molar-refractivity contribution in [1.82, 2.24) is 0 Å². The molecule has 4 rings (SSSR count). The summed E-state index contributed by atoms with van der Waals surface area (Å²) in [6, 6.07) is 16.9. The Labute approximate surface area is 189 Å². The minimum absolute atomic E-state index is 0.0528. The zero-order chi connectivity index (χ0) is 23.6. The summed E-state index contributed by atoms with van der Waals surface area (Å²) in [6.45, 7) is 10.2. The van der Waals surface area contributed by atoms with E-state index in [2.05, 4.69) is 78.7 Å². The Kier molecular flexibility index (Phi) is 6.62. The number of halogens is 3.